The second-order valence-corrected chi connectivity index (χ2v) is 4.00. The summed E-state index contributed by atoms with van der Waals surface area (Å²) in [4.78, 5) is 0. The van der Waals surface area contributed by atoms with Crippen LogP contribution < -0.4 is 0 Å². The van der Waals surface area contributed by atoms with Crippen LogP contribution in [0.1, 0.15) is 29.6 Å². The zero-order chi connectivity index (χ0) is 7.68. The summed E-state index contributed by atoms with van der Waals surface area (Å²) in [6.45, 7) is 0. The molecule has 0 aliphatic heterocycles. The predicted octanol–water partition coefficient (Wildman–Crippen LogP) is 2.94. The first-order valence-corrected chi connectivity index (χ1v) is 4.88. The third kappa shape index (κ3) is 1.32. The van der Waals surface area contributed by atoms with Gasteiger partial charge in [0, 0.05) is 0 Å². The lowest BCUT2D eigenvalue weighted by molar-refractivity contribution is 0.674. The van der Waals surface area contributed by atoms with Gasteiger partial charge in [0.05, 0.1) is 0 Å². The van der Waals surface area contributed by atoms with Gasteiger partial charge in [-0.05, 0) is 36.0 Å². The highest BCUT2D eigenvalue weighted by molar-refractivity contribution is 7.17. The summed E-state index contributed by atoms with van der Waals surface area (Å²) in [6.07, 6.45) is 3.97. The van der Waals surface area contributed by atoms with Crippen molar-refractivity contribution < 1.29 is 0 Å². The Morgan fingerprint density at radius 1 is 1.27 bits per heavy atom. The molecule has 0 saturated heterocycles. The Balaban J connectivity index is 2.44. The molecule has 0 saturated carbocycles. The highest BCUT2D eigenvalue weighted by Gasteiger charge is 2.14. The van der Waals surface area contributed by atoms with Crippen LogP contribution in [0.3, 0.4) is 0 Å². The maximum atomic E-state index is 2.93. The van der Waals surface area contributed by atoms with Crippen LogP contribution >= 0.6 is 9.24 Å². The molecule has 2 rings (SSSR count). The lowest BCUT2D eigenvalue weighted by atomic mass is 9.91. The van der Waals surface area contributed by atoms with Gasteiger partial charge >= 0.3 is 0 Å². The minimum Gasteiger partial charge on any atom is -0.130 e. The van der Waals surface area contributed by atoms with Crippen LogP contribution in [0, 0.1) is 0 Å². The first-order chi connectivity index (χ1) is 5.38. The van der Waals surface area contributed by atoms with Crippen molar-refractivity contribution in [3.63, 3.8) is 0 Å². The summed E-state index contributed by atoms with van der Waals surface area (Å²) in [5.41, 5.74) is 3.81. The fourth-order valence-electron chi connectivity index (χ4n) is 1.79. The first kappa shape index (κ1) is 7.31. The molecule has 0 spiro atoms. The molecule has 0 bridgehead atoms. The van der Waals surface area contributed by atoms with Crippen molar-refractivity contribution in [2.24, 2.45) is 0 Å². The average molecular weight is 164 g/mol. The van der Waals surface area contributed by atoms with Crippen molar-refractivity contribution in [3.8, 4) is 0 Å². The maximum Gasteiger partial charge on any atom is -0.00117 e. The van der Waals surface area contributed by atoms with E-state index in [0.717, 1.165) is 0 Å². The number of aryl methyl sites for hydroxylation is 1. The van der Waals surface area contributed by atoms with E-state index in [4.69, 9.17) is 0 Å². The molecule has 0 amide bonds. The van der Waals surface area contributed by atoms with E-state index >= 15 is 0 Å². The van der Waals surface area contributed by atoms with Gasteiger partial charge in [0.2, 0.25) is 0 Å². The molecular formula is C10H13P. The van der Waals surface area contributed by atoms with Gasteiger partial charge in [-0.3, -0.25) is 0 Å². The third-order valence-electron chi connectivity index (χ3n) is 2.42. The molecule has 0 N–H and O–H groups in total. The van der Waals surface area contributed by atoms with Crippen molar-refractivity contribution in [2.45, 2.75) is 24.9 Å². The Hall–Kier alpha value is -0.350. The van der Waals surface area contributed by atoms with E-state index in [-0.39, 0.29) is 0 Å². The topological polar surface area (TPSA) is 0 Å². The summed E-state index contributed by atoms with van der Waals surface area (Å²) >= 11 is 0. The van der Waals surface area contributed by atoms with Crippen molar-refractivity contribution in [2.75, 3.05) is 0 Å². The molecule has 0 radical (unpaired) electrons. The van der Waals surface area contributed by atoms with Crippen LogP contribution in [0.5, 0.6) is 0 Å². The van der Waals surface area contributed by atoms with Gasteiger partial charge in [0.1, 0.15) is 0 Å². The van der Waals surface area contributed by atoms with E-state index < -0.39 is 0 Å². The van der Waals surface area contributed by atoms with Crippen LogP contribution in [0.2, 0.25) is 0 Å². The molecule has 1 aliphatic carbocycles. The van der Waals surface area contributed by atoms with Crippen LogP contribution in [0.15, 0.2) is 24.3 Å². The van der Waals surface area contributed by atoms with Gasteiger partial charge in [0.25, 0.3) is 0 Å². The second kappa shape index (κ2) is 2.95. The van der Waals surface area contributed by atoms with Crippen molar-refractivity contribution >= 4 is 9.24 Å². The van der Waals surface area contributed by atoms with Crippen LogP contribution in [0.25, 0.3) is 0 Å². The zero-order valence-corrected chi connectivity index (χ0v) is 7.74. The highest BCUT2D eigenvalue weighted by Crippen LogP contribution is 2.35. The molecule has 0 aromatic heterocycles. The molecule has 0 nitrogen and oxygen atoms in total. The normalized spacial score (nSPS) is 22.8. The monoisotopic (exact) mass is 164 g/mol. The molecule has 0 fully saturated rings. The molecule has 0 heterocycles. The SMILES string of the molecule is PC1CCCc2ccccc21. The number of hydrogen-bond acceptors (Lipinski definition) is 0. The minimum atomic E-state index is 0.708. The fraction of sp³-hybridized carbons (Fsp3) is 0.400. The van der Waals surface area contributed by atoms with E-state index in [2.05, 4.69) is 33.5 Å². The molecule has 1 heteroatoms. The molecule has 1 aromatic rings. The molecule has 1 aliphatic rings. The third-order valence-corrected chi connectivity index (χ3v) is 3.11. The fourth-order valence-corrected chi connectivity index (χ4v) is 2.35. The maximum absolute atomic E-state index is 2.93. The number of fused-ring (bicyclic) bond motifs is 1. The van der Waals surface area contributed by atoms with Gasteiger partial charge in [-0.2, -0.15) is 0 Å². The van der Waals surface area contributed by atoms with Crippen LogP contribution in [0.4, 0.5) is 0 Å². The second-order valence-electron chi connectivity index (χ2n) is 3.20. The van der Waals surface area contributed by atoms with Crippen molar-refractivity contribution in [1.29, 1.82) is 0 Å². The highest BCUT2D eigenvalue weighted by atomic mass is 31.0. The lowest BCUT2D eigenvalue weighted by Gasteiger charge is -2.21. The van der Waals surface area contributed by atoms with Gasteiger partial charge in [-0.25, -0.2) is 0 Å². The molecule has 2 atom stereocenters. The van der Waals surface area contributed by atoms with Crippen LogP contribution in [-0.4, -0.2) is 0 Å². The smallest absolute Gasteiger partial charge is 0.00117 e. The Labute approximate surface area is 70.2 Å². The van der Waals surface area contributed by atoms with Gasteiger partial charge in [-0.15, -0.1) is 9.24 Å². The zero-order valence-electron chi connectivity index (χ0n) is 6.59. The Bertz CT molecular complexity index is 255. The molecule has 58 valence electrons. The van der Waals surface area contributed by atoms with E-state index in [1.807, 2.05) is 0 Å². The van der Waals surface area contributed by atoms with E-state index in [9.17, 15) is 0 Å². The molecular weight excluding hydrogens is 151 g/mol. The minimum absolute atomic E-state index is 0.708. The van der Waals surface area contributed by atoms with Gasteiger partial charge < -0.3 is 0 Å². The van der Waals surface area contributed by atoms with Crippen molar-refractivity contribution in [3.05, 3.63) is 35.4 Å². The summed E-state index contributed by atoms with van der Waals surface area (Å²) in [6, 6.07) is 8.79. The van der Waals surface area contributed by atoms with Gasteiger partial charge in [0.15, 0.2) is 0 Å². The van der Waals surface area contributed by atoms with Crippen LogP contribution in [-0.2, 0) is 6.42 Å². The first-order valence-electron chi connectivity index (χ1n) is 4.21. The Morgan fingerprint density at radius 2 is 2.09 bits per heavy atom. The summed E-state index contributed by atoms with van der Waals surface area (Å²) in [5, 5.41) is 0. The summed E-state index contributed by atoms with van der Waals surface area (Å²) in [5.74, 6) is 0. The average Bonchev–Trinajstić information content (AvgIpc) is 2.06. The number of hydrogen-bond donors (Lipinski definition) is 0. The van der Waals surface area contributed by atoms with Gasteiger partial charge in [-0.1, -0.05) is 24.3 Å². The standard InChI is InChI=1S/C10H13P/c11-10-7-3-5-8-4-1-2-6-9(8)10/h1-2,4,6,10H,3,5,7,11H2. The molecule has 2 unspecified atom stereocenters. The van der Waals surface area contributed by atoms with E-state index in [0.29, 0.717) is 5.66 Å². The number of benzene rings is 1. The lowest BCUT2D eigenvalue weighted by Crippen LogP contribution is -2.03. The molecule has 11 heavy (non-hydrogen) atoms. The summed E-state index contributed by atoms with van der Waals surface area (Å²) in [7, 11) is 2.93. The quantitative estimate of drug-likeness (QED) is 0.517. The van der Waals surface area contributed by atoms with E-state index in [1.54, 1.807) is 11.1 Å². The Kier molecular flexibility index (Phi) is 1.96. The Morgan fingerprint density at radius 3 is 2.91 bits per heavy atom. The summed E-state index contributed by atoms with van der Waals surface area (Å²) < 4.78 is 0. The van der Waals surface area contributed by atoms with E-state index in [1.165, 1.54) is 19.3 Å². The largest absolute Gasteiger partial charge is 0.130 e. The molecule has 1 aromatic carbocycles. The predicted molar refractivity (Wildman–Crippen MR) is 51.8 cm³/mol. The van der Waals surface area contributed by atoms with Crippen molar-refractivity contribution in [1.82, 2.24) is 0 Å². The number of rotatable bonds is 0.